The van der Waals surface area contributed by atoms with Gasteiger partial charge in [0.05, 0.1) is 0 Å². The molecule has 2 N–H and O–H groups in total. The summed E-state index contributed by atoms with van der Waals surface area (Å²) in [6.45, 7) is 3.73. The Morgan fingerprint density at radius 1 is 1.31 bits per heavy atom. The Kier molecular flexibility index (Phi) is 2.85. The fourth-order valence-corrected chi connectivity index (χ4v) is 0.984. The van der Waals surface area contributed by atoms with Crippen molar-refractivity contribution in [3.8, 4) is 0 Å². The number of rotatable bonds is 2. The van der Waals surface area contributed by atoms with Crippen LogP contribution in [0.25, 0.3) is 6.08 Å². The number of aryl methyl sites for hydroxylation is 1. The van der Waals surface area contributed by atoms with Gasteiger partial charge in [-0.3, -0.25) is 4.79 Å². The van der Waals surface area contributed by atoms with Crippen LogP contribution in [0.2, 0.25) is 0 Å². The zero-order valence-corrected chi connectivity index (χ0v) is 7.87. The smallest absolute Gasteiger partial charge is 0.244 e. The highest BCUT2D eigenvalue weighted by Crippen LogP contribution is 2.07. The molecular formula is C11H13NO. The highest BCUT2D eigenvalue weighted by atomic mass is 16.1. The maximum Gasteiger partial charge on any atom is 0.244 e. The van der Waals surface area contributed by atoms with Gasteiger partial charge in [-0.2, -0.15) is 0 Å². The van der Waals surface area contributed by atoms with Gasteiger partial charge in [-0.25, -0.2) is 0 Å². The number of benzene rings is 1. The third-order valence-electron chi connectivity index (χ3n) is 1.85. The van der Waals surface area contributed by atoms with Crippen LogP contribution in [-0.2, 0) is 4.79 Å². The molecule has 1 aromatic rings. The zero-order valence-electron chi connectivity index (χ0n) is 7.87. The molecule has 0 aliphatic rings. The Morgan fingerprint density at radius 2 is 1.85 bits per heavy atom. The molecule has 0 unspecified atom stereocenters. The summed E-state index contributed by atoms with van der Waals surface area (Å²) in [6, 6.07) is 7.92. The van der Waals surface area contributed by atoms with E-state index in [1.807, 2.05) is 31.2 Å². The molecule has 0 saturated heterocycles. The van der Waals surface area contributed by atoms with Crippen molar-refractivity contribution < 1.29 is 4.79 Å². The van der Waals surface area contributed by atoms with Crippen LogP contribution in [0.3, 0.4) is 0 Å². The van der Waals surface area contributed by atoms with E-state index in [0.29, 0.717) is 5.57 Å². The molecule has 1 rings (SSSR count). The van der Waals surface area contributed by atoms with Gasteiger partial charge in [-0.1, -0.05) is 29.8 Å². The normalized spacial score (nSPS) is 11.4. The monoisotopic (exact) mass is 175 g/mol. The first-order valence-corrected chi connectivity index (χ1v) is 4.14. The summed E-state index contributed by atoms with van der Waals surface area (Å²) in [5.41, 5.74) is 7.88. The van der Waals surface area contributed by atoms with Crippen LogP contribution in [-0.4, -0.2) is 5.91 Å². The summed E-state index contributed by atoms with van der Waals surface area (Å²) in [5.74, 6) is -0.374. The van der Waals surface area contributed by atoms with Gasteiger partial charge in [0.2, 0.25) is 5.91 Å². The second kappa shape index (κ2) is 3.90. The number of amides is 1. The van der Waals surface area contributed by atoms with Gasteiger partial charge in [-0.15, -0.1) is 0 Å². The van der Waals surface area contributed by atoms with Crippen molar-refractivity contribution in [1.82, 2.24) is 0 Å². The molecule has 1 aromatic carbocycles. The van der Waals surface area contributed by atoms with Crippen LogP contribution in [0.1, 0.15) is 18.1 Å². The van der Waals surface area contributed by atoms with Crippen molar-refractivity contribution in [3.05, 3.63) is 41.0 Å². The zero-order chi connectivity index (χ0) is 9.84. The largest absolute Gasteiger partial charge is 0.366 e. The number of carbonyl (C=O) groups excluding carboxylic acids is 1. The molecule has 2 nitrogen and oxygen atoms in total. The second-order valence-electron chi connectivity index (χ2n) is 3.10. The first-order valence-electron chi connectivity index (χ1n) is 4.14. The first-order chi connectivity index (χ1) is 6.09. The standard InChI is InChI=1S/C11H13NO/c1-8-3-5-10(6-4-8)7-9(2)11(12)13/h3-7H,1-2H3,(H2,12,13)/b9-7+. The van der Waals surface area contributed by atoms with E-state index in [0.717, 1.165) is 5.56 Å². The van der Waals surface area contributed by atoms with E-state index < -0.39 is 0 Å². The van der Waals surface area contributed by atoms with Crippen molar-refractivity contribution in [2.45, 2.75) is 13.8 Å². The van der Waals surface area contributed by atoms with Crippen LogP contribution in [0.15, 0.2) is 29.8 Å². The number of hydrogen-bond acceptors (Lipinski definition) is 1. The van der Waals surface area contributed by atoms with Crippen LogP contribution in [0, 0.1) is 6.92 Å². The van der Waals surface area contributed by atoms with Gasteiger partial charge in [0.1, 0.15) is 0 Å². The predicted molar refractivity (Wildman–Crippen MR) is 54.0 cm³/mol. The Bertz CT molecular complexity index is 336. The van der Waals surface area contributed by atoms with Gasteiger partial charge in [0.15, 0.2) is 0 Å². The number of nitrogens with two attached hydrogens (primary N) is 1. The molecule has 0 aliphatic carbocycles. The number of hydrogen-bond donors (Lipinski definition) is 1. The Balaban J connectivity index is 2.92. The summed E-state index contributed by atoms with van der Waals surface area (Å²) in [5, 5.41) is 0. The molecule has 0 saturated carbocycles. The Morgan fingerprint density at radius 3 is 2.31 bits per heavy atom. The Labute approximate surface area is 78.1 Å². The number of primary amides is 1. The lowest BCUT2D eigenvalue weighted by molar-refractivity contribution is -0.114. The van der Waals surface area contributed by atoms with Crippen molar-refractivity contribution in [2.75, 3.05) is 0 Å². The van der Waals surface area contributed by atoms with Gasteiger partial charge in [-0.05, 0) is 25.5 Å². The quantitative estimate of drug-likeness (QED) is 0.685. The van der Waals surface area contributed by atoms with Crippen molar-refractivity contribution >= 4 is 12.0 Å². The molecule has 1 amide bonds. The highest BCUT2D eigenvalue weighted by molar-refractivity contribution is 5.95. The summed E-state index contributed by atoms with van der Waals surface area (Å²) in [7, 11) is 0. The lowest BCUT2D eigenvalue weighted by Crippen LogP contribution is -2.11. The number of carbonyl (C=O) groups is 1. The van der Waals surface area contributed by atoms with Crippen LogP contribution in [0.5, 0.6) is 0 Å². The predicted octanol–water partition coefficient (Wildman–Crippen LogP) is 1.88. The molecule has 2 heteroatoms. The maximum atomic E-state index is 10.7. The van der Waals surface area contributed by atoms with E-state index in [1.165, 1.54) is 5.56 Å². The summed E-state index contributed by atoms with van der Waals surface area (Å²) in [6.07, 6.45) is 1.78. The molecule has 0 bridgehead atoms. The van der Waals surface area contributed by atoms with Crippen LogP contribution < -0.4 is 5.73 Å². The lowest BCUT2D eigenvalue weighted by atomic mass is 10.1. The third kappa shape index (κ3) is 2.75. The highest BCUT2D eigenvalue weighted by Gasteiger charge is 1.96. The van der Waals surface area contributed by atoms with Gasteiger partial charge in [0, 0.05) is 5.57 Å². The van der Waals surface area contributed by atoms with E-state index in [2.05, 4.69) is 0 Å². The molecule has 0 atom stereocenters. The minimum atomic E-state index is -0.374. The van der Waals surface area contributed by atoms with E-state index in [1.54, 1.807) is 13.0 Å². The SMILES string of the molecule is C/C(=C\c1ccc(C)cc1)C(N)=O. The van der Waals surface area contributed by atoms with Crippen LogP contribution in [0.4, 0.5) is 0 Å². The molecular weight excluding hydrogens is 162 g/mol. The average molecular weight is 175 g/mol. The van der Waals surface area contributed by atoms with Gasteiger partial charge >= 0.3 is 0 Å². The van der Waals surface area contributed by atoms with Gasteiger partial charge < -0.3 is 5.73 Å². The summed E-state index contributed by atoms with van der Waals surface area (Å²) in [4.78, 5) is 10.7. The van der Waals surface area contributed by atoms with E-state index in [-0.39, 0.29) is 5.91 Å². The van der Waals surface area contributed by atoms with E-state index >= 15 is 0 Å². The maximum absolute atomic E-state index is 10.7. The third-order valence-corrected chi connectivity index (χ3v) is 1.85. The average Bonchev–Trinajstić information content (AvgIpc) is 2.08. The topological polar surface area (TPSA) is 43.1 Å². The summed E-state index contributed by atoms with van der Waals surface area (Å²) >= 11 is 0. The van der Waals surface area contributed by atoms with Crippen molar-refractivity contribution in [3.63, 3.8) is 0 Å². The molecule has 0 fully saturated rings. The van der Waals surface area contributed by atoms with E-state index in [9.17, 15) is 4.79 Å². The lowest BCUT2D eigenvalue weighted by Gasteiger charge is -1.96. The first kappa shape index (κ1) is 9.52. The summed E-state index contributed by atoms with van der Waals surface area (Å²) < 4.78 is 0. The minimum Gasteiger partial charge on any atom is -0.366 e. The second-order valence-corrected chi connectivity index (χ2v) is 3.10. The van der Waals surface area contributed by atoms with Crippen LogP contribution >= 0.6 is 0 Å². The molecule has 0 spiro atoms. The minimum absolute atomic E-state index is 0.374. The van der Waals surface area contributed by atoms with Crippen molar-refractivity contribution in [2.24, 2.45) is 5.73 Å². The van der Waals surface area contributed by atoms with E-state index in [4.69, 9.17) is 5.73 Å². The molecule has 0 radical (unpaired) electrons. The molecule has 0 heterocycles. The molecule has 0 aliphatic heterocycles. The fraction of sp³-hybridized carbons (Fsp3) is 0.182. The fourth-order valence-electron chi connectivity index (χ4n) is 0.984. The molecule has 68 valence electrons. The van der Waals surface area contributed by atoms with Gasteiger partial charge in [0.25, 0.3) is 0 Å². The molecule has 0 aromatic heterocycles. The Hall–Kier alpha value is -1.57. The van der Waals surface area contributed by atoms with Crippen molar-refractivity contribution in [1.29, 1.82) is 0 Å². The molecule has 13 heavy (non-hydrogen) atoms.